The van der Waals surface area contributed by atoms with Gasteiger partial charge in [0.25, 0.3) is 0 Å². The SMILES string of the molecule is Oc1cccc(SC2CCOC3(CCOC3)C2)c1. The van der Waals surface area contributed by atoms with Crippen LogP contribution < -0.4 is 0 Å². The van der Waals surface area contributed by atoms with Gasteiger partial charge in [0.1, 0.15) is 5.75 Å². The summed E-state index contributed by atoms with van der Waals surface area (Å²) in [5, 5.41) is 10.0. The molecular formula is C14H18O3S. The molecule has 0 radical (unpaired) electrons. The molecule has 0 aliphatic carbocycles. The van der Waals surface area contributed by atoms with E-state index in [0.717, 1.165) is 44.0 Å². The molecule has 2 unspecified atom stereocenters. The van der Waals surface area contributed by atoms with E-state index in [4.69, 9.17) is 9.47 Å². The molecule has 0 bridgehead atoms. The van der Waals surface area contributed by atoms with Gasteiger partial charge in [-0.05, 0) is 31.0 Å². The highest BCUT2D eigenvalue weighted by molar-refractivity contribution is 8.00. The van der Waals surface area contributed by atoms with Crippen LogP contribution in [0.1, 0.15) is 19.3 Å². The summed E-state index contributed by atoms with van der Waals surface area (Å²) in [6.45, 7) is 2.38. The molecule has 1 aromatic rings. The molecule has 4 heteroatoms. The van der Waals surface area contributed by atoms with Crippen molar-refractivity contribution >= 4 is 11.8 Å². The monoisotopic (exact) mass is 266 g/mol. The fourth-order valence-electron chi connectivity index (χ4n) is 2.70. The quantitative estimate of drug-likeness (QED) is 0.893. The maximum Gasteiger partial charge on any atom is 0.116 e. The van der Waals surface area contributed by atoms with Crippen molar-refractivity contribution in [2.75, 3.05) is 19.8 Å². The zero-order valence-corrected chi connectivity index (χ0v) is 11.1. The van der Waals surface area contributed by atoms with Crippen molar-refractivity contribution in [2.24, 2.45) is 0 Å². The van der Waals surface area contributed by atoms with Gasteiger partial charge in [-0.1, -0.05) is 6.07 Å². The predicted molar refractivity (Wildman–Crippen MR) is 71.1 cm³/mol. The summed E-state index contributed by atoms with van der Waals surface area (Å²) in [6, 6.07) is 7.49. The van der Waals surface area contributed by atoms with E-state index in [1.807, 2.05) is 23.9 Å². The van der Waals surface area contributed by atoms with Crippen molar-refractivity contribution in [3.8, 4) is 5.75 Å². The molecule has 98 valence electrons. The number of phenols is 1. The van der Waals surface area contributed by atoms with Crippen molar-refractivity contribution in [3.05, 3.63) is 24.3 Å². The maximum atomic E-state index is 9.49. The normalized spacial score (nSPS) is 31.9. The first kappa shape index (κ1) is 12.3. The van der Waals surface area contributed by atoms with E-state index in [0.29, 0.717) is 11.0 Å². The van der Waals surface area contributed by atoms with Gasteiger partial charge in [-0.2, -0.15) is 0 Å². The van der Waals surface area contributed by atoms with Crippen LogP contribution in [0, 0.1) is 0 Å². The van der Waals surface area contributed by atoms with Crippen molar-refractivity contribution in [3.63, 3.8) is 0 Å². The lowest BCUT2D eigenvalue weighted by Gasteiger charge is -2.36. The second-order valence-electron chi connectivity index (χ2n) is 5.06. The van der Waals surface area contributed by atoms with E-state index in [-0.39, 0.29) is 5.60 Å². The summed E-state index contributed by atoms with van der Waals surface area (Å²) < 4.78 is 11.4. The van der Waals surface area contributed by atoms with E-state index >= 15 is 0 Å². The van der Waals surface area contributed by atoms with E-state index < -0.39 is 0 Å². The zero-order valence-electron chi connectivity index (χ0n) is 10.3. The van der Waals surface area contributed by atoms with Crippen molar-refractivity contribution < 1.29 is 14.6 Å². The Morgan fingerprint density at radius 2 is 2.28 bits per heavy atom. The van der Waals surface area contributed by atoms with Crippen molar-refractivity contribution in [2.45, 2.75) is 35.0 Å². The number of hydrogen-bond donors (Lipinski definition) is 1. The van der Waals surface area contributed by atoms with Crippen LogP contribution in [0.25, 0.3) is 0 Å². The number of rotatable bonds is 2. The molecule has 2 saturated heterocycles. The summed E-state index contributed by atoms with van der Waals surface area (Å²) in [5.41, 5.74) is -0.0350. The van der Waals surface area contributed by atoms with Gasteiger partial charge in [0.05, 0.1) is 12.2 Å². The highest BCUT2D eigenvalue weighted by Gasteiger charge is 2.41. The molecule has 0 amide bonds. The van der Waals surface area contributed by atoms with Gasteiger partial charge in [0, 0.05) is 29.8 Å². The summed E-state index contributed by atoms with van der Waals surface area (Å²) in [6.07, 6.45) is 3.14. The lowest BCUT2D eigenvalue weighted by Crippen LogP contribution is -2.41. The largest absolute Gasteiger partial charge is 0.508 e. The molecule has 18 heavy (non-hydrogen) atoms. The first-order valence-electron chi connectivity index (χ1n) is 6.43. The number of aromatic hydroxyl groups is 1. The summed E-state index contributed by atoms with van der Waals surface area (Å²) >= 11 is 1.84. The molecule has 0 aromatic heterocycles. The van der Waals surface area contributed by atoms with Gasteiger partial charge in [0.2, 0.25) is 0 Å². The molecule has 2 aliphatic heterocycles. The average Bonchev–Trinajstić information content (AvgIpc) is 2.77. The first-order chi connectivity index (χ1) is 8.76. The second-order valence-corrected chi connectivity index (χ2v) is 6.44. The standard InChI is InChI=1S/C14H18O3S/c15-11-2-1-3-12(8-11)18-13-4-6-17-14(9-13)5-7-16-10-14/h1-3,8,13,15H,4-7,9-10H2. The molecule has 2 fully saturated rings. The van der Waals surface area contributed by atoms with Crippen LogP contribution in [0.4, 0.5) is 0 Å². The molecule has 1 spiro atoms. The third kappa shape index (κ3) is 2.66. The number of hydrogen-bond acceptors (Lipinski definition) is 4. The second kappa shape index (κ2) is 5.11. The Morgan fingerprint density at radius 1 is 1.33 bits per heavy atom. The molecule has 1 aromatic carbocycles. The minimum Gasteiger partial charge on any atom is -0.508 e. The van der Waals surface area contributed by atoms with Crippen LogP contribution in [0.2, 0.25) is 0 Å². The van der Waals surface area contributed by atoms with Gasteiger partial charge in [-0.3, -0.25) is 0 Å². The van der Waals surface area contributed by atoms with E-state index in [1.54, 1.807) is 6.07 Å². The summed E-state index contributed by atoms with van der Waals surface area (Å²) in [7, 11) is 0. The minimum absolute atomic E-state index is 0.0350. The van der Waals surface area contributed by atoms with Gasteiger partial charge in [-0.25, -0.2) is 0 Å². The van der Waals surface area contributed by atoms with Gasteiger partial charge in [-0.15, -0.1) is 11.8 Å². The van der Waals surface area contributed by atoms with Crippen LogP contribution in [0.5, 0.6) is 5.75 Å². The Labute approximate surface area is 111 Å². The Balaban J connectivity index is 1.66. The van der Waals surface area contributed by atoms with E-state index in [2.05, 4.69) is 6.07 Å². The highest BCUT2D eigenvalue weighted by Crippen LogP contribution is 2.40. The molecule has 2 atom stereocenters. The molecule has 3 nitrogen and oxygen atoms in total. The molecule has 2 aliphatic rings. The fourth-order valence-corrected chi connectivity index (χ4v) is 4.03. The third-order valence-electron chi connectivity index (χ3n) is 3.64. The number of benzene rings is 1. The lowest BCUT2D eigenvalue weighted by atomic mass is 9.93. The Kier molecular flexibility index (Phi) is 3.50. The molecule has 0 saturated carbocycles. The van der Waals surface area contributed by atoms with Crippen LogP contribution in [0.15, 0.2) is 29.2 Å². The predicted octanol–water partition coefficient (Wildman–Crippen LogP) is 2.82. The Bertz CT molecular complexity index is 415. The van der Waals surface area contributed by atoms with Crippen LogP contribution in [0.3, 0.4) is 0 Å². The molecule has 2 heterocycles. The van der Waals surface area contributed by atoms with Gasteiger partial charge in [0.15, 0.2) is 0 Å². The summed E-state index contributed by atoms with van der Waals surface area (Å²) in [4.78, 5) is 1.14. The van der Waals surface area contributed by atoms with Crippen LogP contribution in [-0.4, -0.2) is 35.8 Å². The number of ether oxygens (including phenoxy) is 2. The van der Waals surface area contributed by atoms with Crippen LogP contribution >= 0.6 is 11.8 Å². The maximum absolute atomic E-state index is 9.49. The smallest absolute Gasteiger partial charge is 0.116 e. The molecular weight excluding hydrogens is 248 g/mol. The Hall–Kier alpha value is -0.710. The van der Waals surface area contributed by atoms with E-state index in [1.165, 1.54) is 0 Å². The summed E-state index contributed by atoms with van der Waals surface area (Å²) in [5.74, 6) is 0.339. The first-order valence-corrected chi connectivity index (χ1v) is 7.31. The van der Waals surface area contributed by atoms with Crippen molar-refractivity contribution in [1.82, 2.24) is 0 Å². The van der Waals surface area contributed by atoms with Crippen molar-refractivity contribution in [1.29, 1.82) is 0 Å². The number of thioether (sulfide) groups is 1. The lowest BCUT2D eigenvalue weighted by molar-refractivity contribution is -0.0769. The topological polar surface area (TPSA) is 38.7 Å². The third-order valence-corrected chi connectivity index (χ3v) is 4.90. The Morgan fingerprint density at radius 3 is 3.06 bits per heavy atom. The highest BCUT2D eigenvalue weighted by atomic mass is 32.2. The van der Waals surface area contributed by atoms with Gasteiger partial charge < -0.3 is 14.6 Å². The minimum atomic E-state index is -0.0350. The van der Waals surface area contributed by atoms with E-state index in [9.17, 15) is 5.11 Å². The fraction of sp³-hybridized carbons (Fsp3) is 0.571. The van der Waals surface area contributed by atoms with Crippen LogP contribution in [-0.2, 0) is 9.47 Å². The average molecular weight is 266 g/mol. The number of phenolic OH excluding ortho intramolecular Hbond substituents is 1. The molecule has 3 rings (SSSR count). The van der Waals surface area contributed by atoms with Gasteiger partial charge >= 0.3 is 0 Å². The zero-order chi connectivity index (χ0) is 12.4. The molecule has 1 N–H and O–H groups in total.